The van der Waals surface area contributed by atoms with E-state index in [4.69, 9.17) is 5.11 Å². The predicted molar refractivity (Wildman–Crippen MR) is 61.6 cm³/mol. The van der Waals surface area contributed by atoms with Crippen molar-refractivity contribution in [3.8, 4) is 0 Å². The number of nitrogens with zero attached hydrogens (tertiary/aromatic N) is 2. The molecule has 2 N–H and O–H groups in total. The summed E-state index contributed by atoms with van der Waals surface area (Å²) in [5.41, 5.74) is -0.833. The molecule has 0 aliphatic rings. The number of rotatable bonds is 7. The zero-order valence-corrected chi connectivity index (χ0v) is 10.4. The minimum absolute atomic E-state index is 0.115. The average molecular weight is 279 g/mol. The molecule has 1 rings (SSSR count). The first-order valence-electron chi connectivity index (χ1n) is 5.90. The summed E-state index contributed by atoms with van der Waals surface area (Å²) >= 11 is 0. The molecule has 1 aromatic heterocycles. The maximum atomic E-state index is 12.3. The molecule has 0 radical (unpaired) electrons. The van der Waals surface area contributed by atoms with Gasteiger partial charge in [-0.15, -0.1) is 0 Å². The van der Waals surface area contributed by atoms with Crippen LogP contribution in [-0.2, 0) is 17.5 Å². The van der Waals surface area contributed by atoms with Crippen LogP contribution in [0.4, 0.5) is 13.2 Å². The molecule has 8 heteroatoms. The van der Waals surface area contributed by atoms with Crippen molar-refractivity contribution >= 4 is 5.97 Å². The summed E-state index contributed by atoms with van der Waals surface area (Å²) in [6, 6.07) is -0.779. The summed E-state index contributed by atoms with van der Waals surface area (Å²) in [5, 5.41) is 15.3. The van der Waals surface area contributed by atoms with Crippen molar-refractivity contribution in [3.63, 3.8) is 0 Å². The number of halogens is 3. The summed E-state index contributed by atoms with van der Waals surface area (Å²) < 4.78 is 38.1. The van der Waals surface area contributed by atoms with Crippen molar-refractivity contribution in [1.82, 2.24) is 15.1 Å². The Kier molecular flexibility index (Phi) is 5.34. The Hall–Kier alpha value is -1.57. The van der Waals surface area contributed by atoms with Gasteiger partial charge in [0.25, 0.3) is 0 Å². The van der Waals surface area contributed by atoms with E-state index in [0.29, 0.717) is 6.54 Å². The Balaban J connectivity index is 2.54. The molecular weight excluding hydrogens is 263 g/mol. The van der Waals surface area contributed by atoms with Crippen LogP contribution in [0.15, 0.2) is 12.4 Å². The van der Waals surface area contributed by atoms with Gasteiger partial charge in [-0.25, -0.2) is 0 Å². The highest BCUT2D eigenvalue weighted by Gasteiger charge is 2.32. The van der Waals surface area contributed by atoms with Crippen molar-refractivity contribution in [1.29, 1.82) is 0 Å². The number of aryl methyl sites for hydroxylation is 1. The minimum atomic E-state index is -4.43. The Labute approximate surface area is 108 Å². The predicted octanol–water partition coefficient (Wildman–Crippen LogP) is 1.74. The summed E-state index contributed by atoms with van der Waals surface area (Å²) in [6.45, 7) is 2.56. The minimum Gasteiger partial charge on any atom is -0.480 e. The van der Waals surface area contributed by atoms with Crippen LogP contribution in [0.2, 0.25) is 0 Å². The fourth-order valence-electron chi connectivity index (χ4n) is 1.53. The molecule has 0 aliphatic carbocycles. The van der Waals surface area contributed by atoms with Gasteiger partial charge in [0, 0.05) is 12.7 Å². The molecule has 0 saturated heterocycles. The van der Waals surface area contributed by atoms with E-state index in [1.54, 1.807) is 0 Å². The topological polar surface area (TPSA) is 67.2 Å². The molecule has 1 unspecified atom stereocenters. The summed E-state index contributed by atoms with van der Waals surface area (Å²) in [4.78, 5) is 10.9. The standard InChI is InChI=1S/C11H16F3N3O2/c1-2-4-15-9(10(18)19)3-5-17-7-8(6-16-17)11(12,13)14/h6-7,9,15H,2-5H2,1H3,(H,18,19). The normalized spacial score (nSPS) is 13.5. The van der Waals surface area contributed by atoms with E-state index in [2.05, 4.69) is 10.4 Å². The third-order valence-electron chi connectivity index (χ3n) is 2.55. The number of hydrogen-bond acceptors (Lipinski definition) is 3. The molecular formula is C11H16F3N3O2. The number of carboxylic acids is 1. The van der Waals surface area contributed by atoms with Crippen LogP contribution in [0.25, 0.3) is 0 Å². The second-order valence-electron chi connectivity index (χ2n) is 4.12. The summed E-state index contributed by atoms with van der Waals surface area (Å²) in [7, 11) is 0. The molecule has 1 heterocycles. The fourth-order valence-corrected chi connectivity index (χ4v) is 1.53. The van der Waals surface area contributed by atoms with E-state index < -0.39 is 23.8 Å². The molecule has 1 aromatic rings. The van der Waals surface area contributed by atoms with Gasteiger partial charge in [-0.2, -0.15) is 18.3 Å². The first-order valence-corrected chi connectivity index (χ1v) is 5.90. The Morgan fingerprint density at radius 3 is 2.74 bits per heavy atom. The van der Waals surface area contributed by atoms with Gasteiger partial charge in [-0.1, -0.05) is 6.92 Å². The third-order valence-corrected chi connectivity index (χ3v) is 2.55. The van der Waals surface area contributed by atoms with Gasteiger partial charge in [-0.3, -0.25) is 9.48 Å². The largest absolute Gasteiger partial charge is 0.480 e. The number of alkyl halides is 3. The maximum Gasteiger partial charge on any atom is 0.419 e. The molecule has 0 spiro atoms. The highest BCUT2D eigenvalue weighted by Crippen LogP contribution is 2.28. The lowest BCUT2D eigenvalue weighted by atomic mass is 10.2. The number of aliphatic carboxylic acids is 1. The number of nitrogens with one attached hydrogen (secondary N) is 1. The van der Waals surface area contributed by atoms with Crippen molar-refractivity contribution in [2.75, 3.05) is 6.54 Å². The highest BCUT2D eigenvalue weighted by molar-refractivity contribution is 5.73. The second-order valence-corrected chi connectivity index (χ2v) is 4.12. The molecule has 1 atom stereocenters. The third kappa shape index (κ3) is 4.90. The zero-order valence-electron chi connectivity index (χ0n) is 10.4. The van der Waals surface area contributed by atoms with Crippen LogP contribution < -0.4 is 5.32 Å². The number of hydrogen-bond donors (Lipinski definition) is 2. The summed E-state index contributed by atoms with van der Waals surface area (Å²) in [5.74, 6) is -1.02. The van der Waals surface area contributed by atoms with Gasteiger partial charge in [-0.05, 0) is 19.4 Å². The zero-order chi connectivity index (χ0) is 14.5. The van der Waals surface area contributed by atoms with E-state index in [0.717, 1.165) is 23.5 Å². The number of carbonyl (C=O) groups is 1. The van der Waals surface area contributed by atoms with Crippen LogP contribution in [0.3, 0.4) is 0 Å². The molecule has 5 nitrogen and oxygen atoms in total. The summed E-state index contributed by atoms with van der Waals surface area (Å²) in [6.07, 6.45) is -1.86. The van der Waals surface area contributed by atoms with Crippen LogP contribution >= 0.6 is 0 Å². The Morgan fingerprint density at radius 1 is 1.58 bits per heavy atom. The van der Waals surface area contributed by atoms with E-state index in [-0.39, 0.29) is 13.0 Å². The lowest BCUT2D eigenvalue weighted by Gasteiger charge is -2.13. The monoisotopic (exact) mass is 279 g/mol. The van der Waals surface area contributed by atoms with Crippen LogP contribution in [0, 0.1) is 0 Å². The van der Waals surface area contributed by atoms with Gasteiger partial charge < -0.3 is 10.4 Å². The van der Waals surface area contributed by atoms with Gasteiger partial charge >= 0.3 is 12.1 Å². The van der Waals surface area contributed by atoms with E-state index in [1.165, 1.54) is 0 Å². The van der Waals surface area contributed by atoms with Gasteiger partial charge in [0.2, 0.25) is 0 Å². The first-order chi connectivity index (χ1) is 8.84. The van der Waals surface area contributed by atoms with Crippen molar-refractivity contribution in [3.05, 3.63) is 18.0 Å². The number of carboxylic acid groups (broad SMARTS) is 1. The van der Waals surface area contributed by atoms with Crippen molar-refractivity contribution < 1.29 is 23.1 Å². The van der Waals surface area contributed by atoms with Gasteiger partial charge in [0.15, 0.2) is 0 Å². The van der Waals surface area contributed by atoms with E-state index in [1.807, 2.05) is 6.92 Å². The van der Waals surface area contributed by atoms with E-state index >= 15 is 0 Å². The molecule has 108 valence electrons. The molecule has 0 bridgehead atoms. The van der Waals surface area contributed by atoms with Gasteiger partial charge in [0.05, 0.1) is 11.8 Å². The fraction of sp³-hybridized carbons (Fsp3) is 0.636. The average Bonchev–Trinajstić information content (AvgIpc) is 2.77. The molecule has 0 saturated carbocycles. The molecule has 0 aliphatic heterocycles. The smallest absolute Gasteiger partial charge is 0.419 e. The number of aromatic nitrogens is 2. The Bertz CT molecular complexity index is 418. The van der Waals surface area contributed by atoms with Crippen LogP contribution in [-0.4, -0.2) is 33.4 Å². The lowest BCUT2D eigenvalue weighted by Crippen LogP contribution is -2.38. The molecule has 0 amide bonds. The maximum absolute atomic E-state index is 12.3. The SMILES string of the molecule is CCCNC(CCn1cc(C(F)(F)F)cn1)C(=O)O. The second kappa shape index (κ2) is 6.55. The van der Waals surface area contributed by atoms with Crippen LogP contribution in [0.1, 0.15) is 25.3 Å². The van der Waals surface area contributed by atoms with Gasteiger partial charge in [0.1, 0.15) is 6.04 Å². The molecule has 0 aromatic carbocycles. The van der Waals surface area contributed by atoms with Crippen LogP contribution in [0.5, 0.6) is 0 Å². The highest BCUT2D eigenvalue weighted by atomic mass is 19.4. The molecule has 0 fully saturated rings. The van der Waals surface area contributed by atoms with Crippen molar-refractivity contribution in [2.24, 2.45) is 0 Å². The first kappa shape index (κ1) is 15.5. The molecule has 19 heavy (non-hydrogen) atoms. The quantitative estimate of drug-likeness (QED) is 0.798. The van der Waals surface area contributed by atoms with Crippen molar-refractivity contribution in [2.45, 2.75) is 38.5 Å². The Morgan fingerprint density at radius 2 is 2.26 bits per heavy atom. The lowest BCUT2D eigenvalue weighted by molar-refractivity contribution is -0.140. The van der Waals surface area contributed by atoms with E-state index in [9.17, 15) is 18.0 Å².